The molecule has 0 aliphatic heterocycles. The Kier molecular flexibility index (Phi) is 9.10. The van der Waals surface area contributed by atoms with Crippen molar-refractivity contribution in [3.8, 4) is 16.9 Å². The number of aromatic hydroxyl groups is 1. The monoisotopic (exact) mass is 470 g/mol. The smallest absolute Gasteiger partial charge is 0.213 e. The van der Waals surface area contributed by atoms with Crippen molar-refractivity contribution in [2.75, 3.05) is 5.75 Å². The van der Waals surface area contributed by atoms with Gasteiger partial charge < -0.3 is 5.11 Å². The highest BCUT2D eigenvalue weighted by Gasteiger charge is 2.26. The standard InChI is InChI=1S/C27H38N2O3S/c1-20(2)17-25(19-33(31,32)29-21(3)22-11-6-4-7-12-22)28-18-24-15-10-16-26(27(24)30)23-13-8-5-9-14-23/h5,8-10,13-16,18,20-22,25,29-30H,4,6-7,11-12,17,19H2,1-3H3/t21-,25-/m0/s1. The van der Waals surface area contributed by atoms with Crippen molar-refractivity contribution in [3.05, 3.63) is 54.1 Å². The van der Waals surface area contributed by atoms with E-state index in [1.54, 1.807) is 12.3 Å². The second-order valence-electron chi connectivity index (χ2n) is 9.76. The Balaban J connectivity index is 1.74. The fraction of sp³-hybridized carbons (Fsp3) is 0.519. The lowest BCUT2D eigenvalue weighted by Crippen LogP contribution is -2.42. The van der Waals surface area contributed by atoms with Gasteiger partial charge in [-0.05, 0) is 49.7 Å². The van der Waals surface area contributed by atoms with Crippen LogP contribution in [0.25, 0.3) is 11.1 Å². The summed E-state index contributed by atoms with van der Waals surface area (Å²) in [6.07, 6.45) is 8.08. The van der Waals surface area contributed by atoms with E-state index >= 15 is 0 Å². The van der Waals surface area contributed by atoms with Crippen LogP contribution in [0.2, 0.25) is 0 Å². The first-order valence-corrected chi connectivity index (χ1v) is 13.8. The van der Waals surface area contributed by atoms with E-state index in [0.29, 0.717) is 23.8 Å². The van der Waals surface area contributed by atoms with Gasteiger partial charge in [-0.15, -0.1) is 0 Å². The van der Waals surface area contributed by atoms with E-state index in [-0.39, 0.29) is 23.6 Å². The molecule has 1 fully saturated rings. The zero-order chi connectivity index (χ0) is 23.8. The number of aliphatic imine (C=N–C) groups is 1. The maximum atomic E-state index is 13.0. The number of hydrogen-bond acceptors (Lipinski definition) is 4. The van der Waals surface area contributed by atoms with Crippen molar-refractivity contribution in [1.82, 2.24) is 4.72 Å². The highest BCUT2D eigenvalue weighted by atomic mass is 32.2. The summed E-state index contributed by atoms with van der Waals surface area (Å²) in [5.41, 5.74) is 2.24. The number of benzene rings is 2. The number of phenolic OH excluding ortho intramolecular Hbond substituents is 1. The summed E-state index contributed by atoms with van der Waals surface area (Å²) in [5, 5.41) is 10.8. The highest BCUT2D eigenvalue weighted by Crippen LogP contribution is 2.31. The number of nitrogens with zero attached hydrogens (tertiary/aromatic N) is 1. The first kappa shape index (κ1) is 25.4. The van der Waals surface area contributed by atoms with Crippen molar-refractivity contribution < 1.29 is 13.5 Å². The lowest BCUT2D eigenvalue weighted by molar-refractivity contribution is 0.303. The molecule has 0 aromatic heterocycles. The van der Waals surface area contributed by atoms with E-state index in [4.69, 9.17) is 0 Å². The third-order valence-electron chi connectivity index (χ3n) is 6.45. The minimum Gasteiger partial charge on any atom is -0.507 e. The van der Waals surface area contributed by atoms with Gasteiger partial charge in [0.15, 0.2) is 0 Å². The molecule has 0 heterocycles. The molecule has 2 aromatic rings. The Bertz CT molecular complexity index is 1010. The number of nitrogens with one attached hydrogen (secondary N) is 1. The van der Waals surface area contributed by atoms with Crippen molar-refractivity contribution >= 4 is 16.2 Å². The second-order valence-corrected chi connectivity index (χ2v) is 11.6. The van der Waals surface area contributed by atoms with Crippen LogP contribution in [0.1, 0.15) is 64.9 Å². The Labute approximate surface area is 199 Å². The molecule has 33 heavy (non-hydrogen) atoms. The molecule has 1 aliphatic carbocycles. The molecule has 0 saturated heterocycles. The van der Waals surface area contributed by atoms with Crippen LogP contribution < -0.4 is 4.72 Å². The number of phenols is 1. The van der Waals surface area contributed by atoms with Crippen LogP contribution in [-0.2, 0) is 10.0 Å². The number of hydrogen-bond donors (Lipinski definition) is 2. The van der Waals surface area contributed by atoms with Crippen molar-refractivity contribution in [2.45, 2.75) is 71.4 Å². The molecule has 5 nitrogen and oxygen atoms in total. The molecule has 2 atom stereocenters. The van der Waals surface area contributed by atoms with Gasteiger partial charge in [-0.3, -0.25) is 4.99 Å². The summed E-state index contributed by atoms with van der Waals surface area (Å²) in [6.45, 7) is 6.13. The molecule has 1 saturated carbocycles. The maximum absolute atomic E-state index is 13.0. The minimum atomic E-state index is -3.47. The van der Waals surface area contributed by atoms with Crippen molar-refractivity contribution in [3.63, 3.8) is 0 Å². The van der Waals surface area contributed by atoms with E-state index < -0.39 is 10.0 Å². The lowest BCUT2D eigenvalue weighted by atomic mass is 9.85. The van der Waals surface area contributed by atoms with E-state index in [0.717, 1.165) is 24.0 Å². The Morgan fingerprint density at radius 1 is 1.03 bits per heavy atom. The summed E-state index contributed by atoms with van der Waals surface area (Å²) >= 11 is 0. The number of para-hydroxylation sites is 1. The average Bonchev–Trinajstić information content (AvgIpc) is 2.78. The van der Waals surface area contributed by atoms with Gasteiger partial charge in [0.25, 0.3) is 0 Å². The van der Waals surface area contributed by atoms with Gasteiger partial charge in [-0.25, -0.2) is 13.1 Å². The molecular formula is C27H38N2O3S. The zero-order valence-electron chi connectivity index (χ0n) is 20.1. The van der Waals surface area contributed by atoms with Gasteiger partial charge in [0, 0.05) is 23.4 Å². The first-order valence-electron chi connectivity index (χ1n) is 12.2. The van der Waals surface area contributed by atoms with Crippen LogP contribution in [0.15, 0.2) is 53.5 Å². The summed E-state index contributed by atoms with van der Waals surface area (Å²) in [5.74, 6) is 0.834. The minimum absolute atomic E-state index is 0.0438. The zero-order valence-corrected chi connectivity index (χ0v) is 20.9. The second kappa shape index (κ2) is 11.8. The normalized spacial score (nSPS) is 17.5. The fourth-order valence-electron chi connectivity index (χ4n) is 4.73. The first-order chi connectivity index (χ1) is 15.7. The third-order valence-corrected chi connectivity index (χ3v) is 8.01. The van der Waals surface area contributed by atoms with Gasteiger partial charge in [0.1, 0.15) is 5.75 Å². The van der Waals surface area contributed by atoms with Crippen LogP contribution >= 0.6 is 0 Å². The third kappa shape index (κ3) is 7.68. The van der Waals surface area contributed by atoms with Crippen LogP contribution in [-0.4, -0.2) is 37.6 Å². The molecule has 6 heteroatoms. The highest BCUT2D eigenvalue weighted by molar-refractivity contribution is 7.89. The van der Waals surface area contributed by atoms with Gasteiger partial charge in [-0.1, -0.05) is 75.6 Å². The van der Waals surface area contributed by atoms with Gasteiger partial charge in [-0.2, -0.15) is 0 Å². The molecule has 3 rings (SSSR count). The predicted octanol–water partition coefficient (Wildman–Crippen LogP) is 5.78. The average molecular weight is 471 g/mol. The predicted molar refractivity (Wildman–Crippen MR) is 137 cm³/mol. The largest absolute Gasteiger partial charge is 0.507 e. The summed E-state index contributed by atoms with van der Waals surface area (Å²) in [7, 11) is -3.47. The molecule has 0 unspecified atom stereocenters. The molecule has 180 valence electrons. The molecular weight excluding hydrogens is 432 g/mol. The van der Waals surface area contributed by atoms with Crippen LogP contribution in [0.3, 0.4) is 0 Å². The molecule has 0 bridgehead atoms. The lowest BCUT2D eigenvalue weighted by Gasteiger charge is -2.28. The number of rotatable bonds is 10. The maximum Gasteiger partial charge on any atom is 0.213 e. The van der Waals surface area contributed by atoms with E-state index in [1.807, 2.05) is 49.4 Å². The Morgan fingerprint density at radius 3 is 2.39 bits per heavy atom. The molecule has 0 amide bonds. The molecule has 2 aromatic carbocycles. The van der Waals surface area contributed by atoms with E-state index in [2.05, 4.69) is 23.6 Å². The Hall–Kier alpha value is -2.18. The number of sulfonamides is 1. The van der Waals surface area contributed by atoms with Crippen LogP contribution in [0, 0.1) is 11.8 Å². The van der Waals surface area contributed by atoms with Crippen molar-refractivity contribution in [2.24, 2.45) is 16.8 Å². The van der Waals surface area contributed by atoms with Crippen LogP contribution in [0.4, 0.5) is 0 Å². The molecule has 2 N–H and O–H groups in total. The SMILES string of the molecule is CC(C)C[C@@H](CS(=O)(=O)N[C@@H](C)C1CCCCC1)N=Cc1cccc(-c2ccccc2)c1O. The summed E-state index contributed by atoms with van der Waals surface area (Å²) in [6, 6.07) is 14.8. The quantitative estimate of drug-likeness (QED) is 0.432. The molecule has 0 spiro atoms. The van der Waals surface area contributed by atoms with Gasteiger partial charge in [0.05, 0.1) is 11.8 Å². The van der Waals surface area contributed by atoms with E-state index in [9.17, 15) is 13.5 Å². The molecule has 1 aliphatic rings. The topological polar surface area (TPSA) is 78.8 Å². The fourth-order valence-corrected chi connectivity index (χ4v) is 6.32. The summed E-state index contributed by atoms with van der Waals surface area (Å²) < 4.78 is 28.8. The van der Waals surface area contributed by atoms with E-state index in [1.165, 1.54) is 19.3 Å². The van der Waals surface area contributed by atoms with Gasteiger partial charge >= 0.3 is 0 Å². The Morgan fingerprint density at radius 2 is 1.73 bits per heavy atom. The summed E-state index contributed by atoms with van der Waals surface area (Å²) in [4.78, 5) is 4.63. The van der Waals surface area contributed by atoms with Crippen molar-refractivity contribution in [1.29, 1.82) is 0 Å². The molecule has 0 radical (unpaired) electrons. The van der Waals surface area contributed by atoms with Crippen LogP contribution in [0.5, 0.6) is 5.75 Å². The van der Waals surface area contributed by atoms with Gasteiger partial charge in [0.2, 0.25) is 10.0 Å².